The molecular formula is C16H16N6O3S. The molecule has 134 valence electrons. The van der Waals surface area contributed by atoms with Crippen molar-refractivity contribution in [3.05, 3.63) is 34.3 Å². The molecular weight excluding hydrogens is 356 g/mol. The van der Waals surface area contributed by atoms with Gasteiger partial charge in [-0.1, -0.05) is 0 Å². The van der Waals surface area contributed by atoms with E-state index in [-0.39, 0.29) is 11.8 Å². The van der Waals surface area contributed by atoms with Crippen molar-refractivity contribution >= 4 is 40.1 Å². The van der Waals surface area contributed by atoms with Crippen LogP contribution in [0.1, 0.15) is 34.3 Å². The number of carboxylic acid groups (broad SMARTS) is 1. The molecule has 0 spiro atoms. The van der Waals surface area contributed by atoms with Crippen molar-refractivity contribution < 1.29 is 14.7 Å². The van der Waals surface area contributed by atoms with Crippen molar-refractivity contribution in [3.63, 3.8) is 0 Å². The van der Waals surface area contributed by atoms with Crippen LogP contribution in [-0.2, 0) is 0 Å². The molecule has 2 aromatic heterocycles. The summed E-state index contributed by atoms with van der Waals surface area (Å²) in [5, 5.41) is 25.0. The summed E-state index contributed by atoms with van der Waals surface area (Å²) in [5.74, 6) is -0.0815. The maximum atomic E-state index is 12.4. The SMILES string of the molecule is O=C(Nc1ccc2n[nH]nc2c1)c1csc(C2CCN(C(=O)O)CC2)n1. The normalized spacial score (nSPS) is 15.3. The molecule has 0 bridgehead atoms. The summed E-state index contributed by atoms with van der Waals surface area (Å²) in [4.78, 5) is 29.3. The predicted molar refractivity (Wildman–Crippen MR) is 95.5 cm³/mol. The number of hydrogen-bond acceptors (Lipinski definition) is 6. The van der Waals surface area contributed by atoms with Gasteiger partial charge in [-0.25, -0.2) is 9.78 Å². The van der Waals surface area contributed by atoms with Gasteiger partial charge in [-0.15, -0.1) is 11.3 Å². The van der Waals surface area contributed by atoms with Crippen LogP contribution in [-0.4, -0.2) is 55.5 Å². The van der Waals surface area contributed by atoms with Gasteiger partial charge in [0.1, 0.15) is 16.7 Å². The van der Waals surface area contributed by atoms with Crippen LogP contribution in [0.3, 0.4) is 0 Å². The lowest BCUT2D eigenvalue weighted by Gasteiger charge is -2.28. The van der Waals surface area contributed by atoms with Gasteiger partial charge in [-0.05, 0) is 31.0 Å². The molecule has 26 heavy (non-hydrogen) atoms. The molecule has 0 radical (unpaired) electrons. The fraction of sp³-hybridized carbons (Fsp3) is 0.312. The Morgan fingerprint density at radius 2 is 2.00 bits per heavy atom. The number of benzene rings is 1. The minimum atomic E-state index is -0.883. The van der Waals surface area contributed by atoms with Crippen LogP contribution >= 0.6 is 11.3 Å². The number of fused-ring (bicyclic) bond motifs is 1. The number of amides is 2. The molecule has 1 fully saturated rings. The maximum Gasteiger partial charge on any atom is 0.407 e. The number of aromatic amines is 1. The van der Waals surface area contributed by atoms with Gasteiger partial charge >= 0.3 is 6.09 Å². The second kappa shape index (κ2) is 6.71. The number of hydrogen-bond donors (Lipinski definition) is 3. The third-order valence-corrected chi connectivity index (χ3v) is 5.45. The van der Waals surface area contributed by atoms with Crippen molar-refractivity contribution in [2.75, 3.05) is 18.4 Å². The van der Waals surface area contributed by atoms with E-state index in [1.807, 2.05) is 0 Å². The summed E-state index contributed by atoms with van der Waals surface area (Å²) in [7, 11) is 0. The second-order valence-corrected chi connectivity index (χ2v) is 6.99. The number of rotatable bonds is 3. The van der Waals surface area contributed by atoms with Gasteiger partial charge in [0, 0.05) is 30.1 Å². The highest BCUT2D eigenvalue weighted by molar-refractivity contribution is 7.10. The Hall–Kier alpha value is -3.01. The zero-order chi connectivity index (χ0) is 18.1. The fourth-order valence-electron chi connectivity index (χ4n) is 3.01. The Morgan fingerprint density at radius 3 is 2.77 bits per heavy atom. The summed E-state index contributed by atoms with van der Waals surface area (Å²) in [6, 6.07) is 5.28. The number of carbonyl (C=O) groups excluding carboxylic acids is 1. The Morgan fingerprint density at radius 1 is 1.23 bits per heavy atom. The number of nitrogens with one attached hydrogen (secondary N) is 2. The van der Waals surface area contributed by atoms with Crippen molar-refractivity contribution in [1.82, 2.24) is 25.3 Å². The van der Waals surface area contributed by atoms with E-state index in [1.165, 1.54) is 16.2 Å². The van der Waals surface area contributed by atoms with E-state index in [2.05, 4.69) is 25.7 Å². The number of nitrogens with zero attached hydrogens (tertiary/aromatic N) is 4. The van der Waals surface area contributed by atoms with Crippen molar-refractivity contribution in [2.24, 2.45) is 0 Å². The molecule has 10 heteroatoms. The van der Waals surface area contributed by atoms with Gasteiger partial charge in [0.2, 0.25) is 0 Å². The summed E-state index contributed by atoms with van der Waals surface area (Å²) in [6.07, 6.45) is 0.569. The number of H-pyrrole nitrogens is 1. The van der Waals surface area contributed by atoms with Gasteiger partial charge in [0.05, 0.1) is 5.01 Å². The summed E-state index contributed by atoms with van der Waals surface area (Å²) in [6.45, 7) is 0.998. The minimum absolute atomic E-state index is 0.198. The molecule has 1 aromatic carbocycles. The van der Waals surface area contributed by atoms with Crippen molar-refractivity contribution in [1.29, 1.82) is 0 Å². The Labute approximate surface area is 152 Å². The minimum Gasteiger partial charge on any atom is -0.465 e. The number of piperidine rings is 1. The zero-order valence-corrected chi connectivity index (χ0v) is 14.5. The fourth-order valence-corrected chi connectivity index (χ4v) is 3.98. The predicted octanol–water partition coefficient (Wildman–Crippen LogP) is 2.52. The Bertz CT molecular complexity index is 960. The van der Waals surface area contributed by atoms with Crippen LogP contribution in [0.4, 0.5) is 10.5 Å². The van der Waals surface area contributed by atoms with Crippen LogP contribution in [0.15, 0.2) is 23.6 Å². The molecule has 4 rings (SSSR count). The first-order valence-corrected chi connectivity index (χ1v) is 9.03. The smallest absolute Gasteiger partial charge is 0.407 e. The quantitative estimate of drug-likeness (QED) is 0.649. The molecule has 0 atom stereocenters. The molecule has 3 heterocycles. The number of thiazole rings is 1. The number of carbonyl (C=O) groups is 2. The summed E-state index contributed by atoms with van der Waals surface area (Å²) >= 11 is 1.44. The molecule has 1 aliphatic heterocycles. The van der Waals surface area contributed by atoms with Crippen LogP contribution < -0.4 is 5.32 Å². The second-order valence-electron chi connectivity index (χ2n) is 6.10. The number of likely N-dealkylation sites (tertiary alicyclic amines) is 1. The van der Waals surface area contributed by atoms with Crippen LogP contribution in [0, 0.1) is 0 Å². The molecule has 2 amide bonds. The van der Waals surface area contributed by atoms with E-state index in [0.29, 0.717) is 30.0 Å². The molecule has 0 saturated carbocycles. The van der Waals surface area contributed by atoms with Crippen LogP contribution in [0.2, 0.25) is 0 Å². The number of anilines is 1. The van der Waals surface area contributed by atoms with Gasteiger partial charge < -0.3 is 15.3 Å². The molecule has 9 nitrogen and oxygen atoms in total. The third-order valence-electron chi connectivity index (χ3n) is 4.44. The molecule has 1 aliphatic rings. The first-order chi connectivity index (χ1) is 12.6. The first kappa shape index (κ1) is 16.5. The lowest BCUT2D eigenvalue weighted by Crippen LogP contribution is -2.36. The highest BCUT2D eigenvalue weighted by atomic mass is 32.1. The van der Waals surface area contributed by atoms with Gasteiger partial charge in [0.15, 0.2) is 0 Å². The highest BCUT2D eigenvalue weighted by Crippen LogP contribution is 2.30. The van der Waals surface area contributed by atoms with E-state index in [1.54, 1.807) is 23.6 Å². The molecule has 0 unspecified atom stereocenters. The molecule has 3 aromatic rings. The summed E-state index contributed by atoms with van der Waals surface area (Å²) in [5.41, 5.74) is 2.39. The van der Waals surface area contributed by atoms with Crippen LogP contribution in [0.25, 0.3) is 11.0 Å². The average Bonchev–Trinajstić information content (AvgIpc) is 3.31. The van der Waals surface area contributed by atoms with E-state index in [9.17, 15) is 9.59 Å². The molecule has 1 saturated heterocycles. The highest BCUT2D eigenvalue weighted by Gasteiger charge is 2.26. The lowest BCUT2D eigenvalue weighted by atomic mass is 9.98. The van der Waals surface area contributed by atoms with Crippen LogP contribution in [0.5, 0.6) is 0 Å². The van der Waals surface area contributed by atoms with E-state index in [0.717, 1.165) is 23.4 Å². The third kappa shape index (κ3) is 3.23. The van der Waals surface area contributed by atoms with Crippen molar-refractivity contribution in [3.8, 4) is 0 Å². The Balaban J connectivity index is 1.42. The topological polar surface area (TPSA) is 124 Å². The summed E-state index contributed by atoms with van der Waals surface area (Å²) < 4.78 is 0. The van der Waals surface area contributed by atoms with Crippen molar-refractivity contribution in [2.45, 2.75) is 18.8 Å². The van der Waals surface area contributed by atoms with E-state index in [4.69, 9.17) is 5.11 Å². The monoisotopic (exact) mass is 372 g/mol. The average molecular weight is 372 g/mol. The zero-order valence-electron chi connectivity index (χ0n) is 13.7. The van der Waals surface area contributed by atoms with E-state index >= 15 is 0 Å². The molecule has 3 N–H and O–H groups in total. The maximum absolute atomic E-state index is 12.4. The van der Waals surface area contributed by atoms with Gasteiger partial charge in [-0.3, -0.25) is 4.79 Å². The Kier molecular flexibility index (Phi) is 4.25. The number of aromatic nitrogens is 4. The van der Waals surface area contributed by atoms with Gasteiger partial charge in [-0.2, -0.15) is 15.4 Å². The largest absolute Gasteiger partial charge is 0.465 e. The standard InChI is InChI=1S/C16H16N6O3S/c23-14(17-10-1-2-11-12(7-10)20-21-19-11)13-8-26-15(18-13)9-3-5-22(6-4-9)16(24)25/h1-2,7-9H,3-6H2,(H,17,23)(H,24,25)(H,19,20,21). The molecule has 0 aliphatic carbocycles. The van der Waals surface area contributed by atoms with Gasteiger partial charge in [0.25, 0.3) is 5.91 Å². The van der Waals surface area contributed by atoms with E-state index < -0.39 is 6.09 Å². The lowest BCUT2D eigenvalue weighted by molar-refractivity contribution is 0.102. The first-order valence-electron chi connectivity index (χ1n) is 8.15.